The number of halogens is 9. The summed E-state index contributed by atoms with van der Waals surface area (Å²) in [6.07, 6.45) is -9.73. The Balaban J connectivity index is 1.71. The van der Waals surface area contributed by atoms with Gasteiger partial charge in [0.15, 0.2) is 0 Å². The smallest absolute Gasteiger partial charge is 0.416 e. The largest absolute Gasteiger partial charge is 0.507 e. The molecule has 1 N–H and O–H groups in total. The lowest BCUT2D eigenvalue weighted by Crippen LogP contribution is -2.40. The Bertz CT molecular complexity index is 1940. The number of benzene rings is 5. The SMILES string of the molecule is C=CCc1ccc(O)c(-c2cc(CC=C)ccc2OCC(C)[P+](c2ccc(C(F)(F)F)cc2)(c2ccc(C(F)(F)F)cc2)c2ccc(C(F)(F)F)cc2)c1. The molecule has 1 atom stereocenters. The molecule has 0 radical (unpaired) electrons. The van der Waals surface area contributed by atoms with Crippen molar-refractivity contribution in [3.8, 4) is 22.6 Å². The van der Waals surface area contributed by atoms with Gasteiger partial charge in [0.2, 0.25) is 0 Å². The van der Waals surface area contributed by atoms with Gasteiger partial charge in [0.1, 0.15) is 46.9 Å². The molecule has 2 nitrogen and oxygen atoms in total. The molecule has 282 valence electrons. The minimum Gasteiger partial charge on any atom is -0.507 e. The average Bonchev–Trinajstić information content (AvgIpc) is 3.12. The Morgan fingerprint density at radius 3 is 1.31 bits per heavy atom. The molecule has 0 aliphatic carbocycles. The molecule has 0 bridgehead atoms. The minimum absolute atomic E-state index is 0.0439. The molecule has 0 aliphatic heterocycles. The van der Waals surface area contributed by atoms with Crippen LogP contribution in [0.4, 0.5) is 39.5 Å². The highest BCUT2D eigenvalue weighted by Gasteiger charge is 2.52. The summed E-state index contributed by atoms with van der Waals surface area (Å²) in [7, 11) is -3.43. The quantitative estimate of drug-likeness (QED) is 0.0777. The van der Waals surface area contributed by atoms with Crippen molar-refractivity contribution in [2.75, 3.05) is 6.61 Å². The molecule has 5 aromatic carbocycles. The van der Waals surface area contributed by atoms with E-state index < -0.39 is 48.1 Å². The van der Waals surface area contributed by atoms with Gasteiger partial charge in [-0.2, -0.15) is 39.5 Å². The first kappa shape index (κ1) is 40.2. The fourth-order valence-corrected chi connectivity index (χ4v) is 11.1. The molecule has 12 heteroatoms. The molecular weight excluding hydrogens is 738 g/mol. The summed E-state index contributed by atoms with van der Waals surface area (Å²) in [6, 6.07) is 22.8. The third-order valence-electron chi connectivity index (χ3n) is 9.10. The maximum atomic E-state index is 13.7. The zero-order chi connectivity index (χ0) is 39.5. The summed E-state index contributed by atoms with van der Waals surface area (Å²) in [6.45, 7) is 9.08. The van der Waals surface area contributed by atoms with Gasteiger partial charge in [-0.15, -0.1) is 13.2 Å². The van der Waals surface area contributed by atoms with Gasteiger partial charge in [-0.3, -0.25) is 0 Å². The van der Waals surface area contributed by atoms with E-state index in [9.17, 15) is 44.6 Å². The van der Waals surface area contributed by atoms with Crippen LogP contribution < -0.4 is 20.7 Å². The number of hydrogen-bond acceptors (Lipinski definition) is 2. The van der Waals surface area contributed by atoms with Crippen molar-refractivity contribution >= 4 is 23.2 Å². The fraction of sp³-hybridized carbons (Fsp3) is 0.190. The van der Waals surface area contributed by atoms with Gasteiger partial charge in [-0.05, 0) is 128 Å². The molecule has 0 heterocycles. The number of phenols is 1. The molecule has 0 aromatic heterocycles. The van der Waals surface area contributed by atoms with E-state index in [1.54, 1.807) is 43.3 Å². The number of aromatic hydroxyl groups is 1. The van der Waals surface area contributed by atoms with Crippen LogP contribution in [0.25, 0.3) is 11.1 Å². The van der Waals surface area contributed by atoms with Crippen LogP contribution in [0.3, 0.4) is 0 Å². The molecule has 0 saturated carbocycles. The first-order chi connectivity index (χ1) is 25.4. The summed E-state index contributed by atoms with van der Waals surface area (Å²) < 4.78 is 130. The minimum atomic E-state index is -4.71. The number of hydrogen-bond donors (Lipinski definition) is 1. The summed E-state index contributed by atoms with van der Waals surface area (Å²) in [5.74, 6) is 0.267. The topological polar surface area (TPSA) is 29.5 Å². The molecule has 1 unspecified atom stereocenters. The van der Waals surface area contributed by atoms with Crippen molar-refractivity contribution in [3.63, 3.8) is 0 Å². The molecular formula is C42H35F9O2P+. The zero-order valence-corrected chi connectivity index (χ0v) is 29.8. The standard InChI is InChI=1S/C42H34F9O2P/c1-4-6-28-8-22-38(52)36(24-28)37-25-29(7-5-2)9-23-39(37)53-26-27(3)54(33-16-10-30(11-17-33)40(43,44)45,34-18-12-31(13-19-34)41(46,47)48)35-20-14-32(15-21-35)42(49,50)51/h4-5,8-25,27H,1-2,6-7,26H2,3H3/p+1. The average molecular weight is 774 g/mol. The molecule has 0 fully saturated rings. The van der Waals surface area contributed by atoms with Crippen LogP contribution in [0, 0.1) is 0 Å². The maximum Gasteiger partial charge on any atom is 0.416 e. The van der Waals surface area contributed by atoms with Crippen molar-refractivity contribution in [3.05, 3.63) is 162 Å². The highest BCUT2D eigenvalue weighted by molar-refractivity contribution is 7.96. The molecule has 0 amide bonds. The van der Waals surface area contributed by atoms with Gasteiger partial charge in [-0.1, -0.05) is 24.3 Å². The lowest BCUT2D eigenvalue weighted by molar-refractivity contribution is -0.138. The Kier molecular flexibility index (Phi) is 11.7. The predicted molar refractivity (Wildman–Crippen MR) is 196 cm³/mol. The van der Waals surface area contributed by atoms with Crippen molar-refractivity contribution in [1.82, 2.24) is 0 Å². The van der Waals surface area contributed by atoms with Gasteiger partial charge in [-0.25, -0.2) is 0 Å². The first-order valence-electron chi connectivity index (χ1n) is 16.6. The van der Waals surface area contributed by atoms with E-state index in [0.29, 0.717) is 29.7 Å². The van der Waals surface area contributed by atoms with E-state index in [1.165, 1.54) is 42.5 Å². The number of allylic oxidation sites excluding steroid dienone is 2. The van der Waals surface area contributed by atoms with Crippen LogP contribution in [-0.4, -0.2) is 17.4 Å². The third-order valence-corrected chi connectivity index (χ3v) is 13.9. The van der Waals surface area contributed by atoms with Crippen LogP contribution in [0.5, 0.6) is 11.5 Å². The maximum absolute atomic E-state index is 13.7. The van der Waals surface area contributed by atoms with Crippen LogP contribution >= 0.6 is 7.26 Å². The van der Waals surface area contributed by atoms with Crippen LogP contribution in [0.1, 0.15) is 34.7 Å². The van der Waals surface area contributed by atoms with Crippen molar-refractivity contribution < 1.29 is 49.4 Å². The highest BCUT2D eigenvalue weighted by Crippen LogP contribution is 2.60. The second-order valence-corrected chi connectivity index (χ2v) is 16.6. The van der Waals surface area contributed by atoms with Crippen LogP contribution in [-0.2, 0) is 31.4 Å². The fourth-order valence-electron chi connectivity index (χ4n) is 6.49. The lowest BCUT2D eigenvalue weighted by Gasteiger charge is -2.33. The summed E-state index contributed by atoms with van der Waals surface area (Å²) in [5.41, 5.74) is -1.03. The summed E-state index contributed by atoms with van der Waals surface area (Å²) >= 11 is 0. The Morgan fingerprint density at radius 2 is 0.944 bits per heavy atom. The number of ether oxygens (including phenoxy) is 1. The van der Waals surface area contributed by atoms with Crippen molar-refractivity contribution in [2.45, 2.75) is 44.0 Å². The second-order valence-electron chi connectivity index (χ2n) is 12.7. The van der Waals surface area contributed by atoms with Gasteiger partial charge in [0.05, 0.1) is 16.7 Å². The molecule has 54 heavy (non-hydrogen) atoms. The highest BCUT2D eigenvalue weighted by atomic mass is 31.2. The molecule has 5 aromatic rings. The van der Waals surface area contributed by atoms with E-state index in [-0.39, 0.29) is 28.3 Å². The third kappa shape index (κ3) is 8.52. The molecule has 0 aliphatic rings. The van der Waals surface area contributed by atoms with Crippen molar-refractivity contribution in [2.24, 2.45) is 0 Å². The summed E-state index contributed by atoms with van der Waals surface area (Å²) in [4.78, 5) is 0. The summed E-state index contributed by atoms with van der Waals surface area (Å²) in [5, 5.41) is 11.8. The van der Waals surface area contributed by atoms with Gasteiger partial charge >= 0.3 is 18.5 Å². The molecule has 0 spiro atoms. The number of rotatable bonds is 12. The zero-order valence-electron chi connectivity index (χ0n) is 28.9. The Morgan fingerprint density at radius 1 is 0.574 bits per heavy atom. The van der Waals surface area contributed by atoms with E-state index in [1.807, 2.05) is 6.07 Å². The number of alkyl halides is 9. The van der Waals surface area contributed by atoms with Crippen LogP contribution in [0.15, 0.2) is 135 Å². The van der Waals surface area contributed by atoms with E-state index in [4.69, 9.17) is 4.74 Å². The Labute approximate surface area is 307 Å². The Hall–Kier alpha value is -5.02. The first-order valence-corrected chi connectivity index (χ1v) is 18.5. The molecule has 5 rings (SSSR count). The second kappa shape index (κ2) is 15.8. The van der Waals surface area contributed by atoms with Gasteiger partial charge in [0.25, 0.3) is 0 Å². The van der Waals surface area contributed by atoms with Gasteiger partial charge in [0, 0.05) is 11.1 Å². The normalized spacial score (nSPS) is 13.0. The van der Waals surface area contributed by atoms with Crippen molar-refractivity contribution in [1.29, 1.82) is 0 Å². The molecule has 0 saturated heterocycles. The monoisotopic (exact) mass is 773 g/mol. The van der Waals surface area contributed by atoms with Crippen LogP contribution in [0.2, 0.25) is 0 Å². The van der Waals surface area contributed by atoms with E-state index >= 15 is 0 Å². The lowest BCUT2D eigenvalue weighted by atomic mass is 9.97. The van der Waals surface area contributed by atoms with E-state index in [0.717, 1.165) is 47.5 Å². The van der Waals surface area contributed by atoms with E-state index in [2.05, 4.69) is 13.2 Å². The van der Waals surface area contributed by atoms with Gasteiger partial charge < -0.3 is 9.84 Å². The predicted octanol–water partition coefficient (Wildman–Crippen LogP) is 11.3. The number of phenolic OH excluding ortho intramolecular Hbond substituents is 1.